The molecule has 0 aromatic heterocycles. The summed E-state index contributed by atoms with van der Waals surface area (Å²) in [5.41, 5.74) is 3.19. The third kappa shape index (κ3) is 1.94. The van der Waals surface area contributed by atoms with E-state index in [9.17, 15) is 9.90 Å². The van der Waals surface area contributed by atoms with Gasteiger partial charge >= 0.3 is 0 Å². The van der Waals surface area contributed by atoms with Crippen molar-refractivity contribution < 1.29 is 9.90 Å². The monoisotopic (exact) mass is 220 g/mol. The lowest BCUT2D eigenvalue weighted by atomic mass is 9.99. The maximum Gasteiger partial charge on any atom is 0.229 e. The lowest BCUT2D eigenvalue weighted by molar-refractivity contribution is -0.119. The van der Waals surface area contributed by atoms with Crippen LogP contribution < -0.4 is 10.2 Å². The molecule has 4 heteroatoms. The van der Waals surface area contributed by atoms with E-state index in [4.69, 9.17) is 0 Å². The molecular weight excluding hydrogens is 204 g/mol. The van der Waals surface area contributed by atoms with Crippen LogP contribution in [0.1, 0.15) is 17.5 Å². The number of aryl methyl sites for hydroxylation is 1. The van der Waals surface area contributed by atoms with Gasteiger partial charge in [0.1, 0.15) is 6.73 Å². The van der Waals surface area contributed by atoms with Gasteiger partial charge in [-0.2, -0.15) is 0 Å². The molecule has 86 valence electrons. The summed E-state index contributed by atoms with van der Waals surface area (Å²) in [7, 11) is 1.91. The third-order valence-electron chi connectivity index (χ3n) is 2.87. The lowest BCUT2D eigenvalue weighted by Gasteiger charge is -2.27. The molecule has 0 bridgehead atoms. The summed E-state index contributed by atoms with van der Waals surface area (Å²) in [6.07, 6.45) is 1.25. The fraction of sp³-hybridized carbons (Fsp3) is 0.417. The Hall–Kier alpha value is -1.39. The van der Waals surface area contributed by atoms with Gasteiger partial charge in [-0.1, -0.05) is 12.1 Å². The molecule has 0 saturated carbocycles. The number of aliphatic hydroxyl groups is 1. The van der Waals surface area contributed by atoms with Crippen LogP contribution in [0, 0.1) is 0 Å². The highest BCUT2D eigenvalue weighted by molar-refractivity contribution is 5.96. The SMILES string of the molecule is CNCc1ccc2c(c1)CCC(=O)N2CO. The molecule has 0 aliphatic carbocycles. The number of nitrogens with one attached hydrogen (secondary N) is 1. The zero-order valence-electron chi connectivity index (χ0n) is 9.36. The van der Waals surface area contributed by atoms with Gasteiger partial charge in [-0.3, -0.25) is 9.69 Å². The van der Waals surface area contributed by atoms with Crippen molar-refractivity contribution in [3.8, 4) is 0 Å². The second-order valence-electron chi connectivity index (χ2n) is 3.96. The molecular formula is C12H16N2O2. The third-order valence-corrected chi connectivity index (χ3v) is 2.87. The lowest BCUT2D eigenvalue weighted by Crippen LogP contribution is -2.35. The quantitative estimate of drug-likeness (QED) is 0.785. The van der Waals surface area contributed by atoms with Crippen LogP contribution in [0.3, 0.4) is 0 Å². The van der Waals surface area contributed by atoms with E-state index < -0.39 is 0 Å². The molecule has 4 nitrogen and oxygen atoms in total. The summed E-state index contributed by atoms with van der Waals surface area (Å²) in [5, 5.41) is 12.3. The van der Waals surface area contributed by atoms with Crippen LogP contribution in [-0.2, 0) is 17.8 Å². The topological polar surface area (TPSA) is 52.6 Å². The second-order valence-corrected chi connectivity index (χ2v) is 3.96. The molecule has 0 unspecified atom stereocenters. The molecule has 0 saturated heterocycles. The highest BCUT2D eigenvalue weighted by atomic mass is 16.3. The predicted molar refractivity (Wildman–Crippen MR) is 62.1 cm³/mol. The summed E-state index contributed by atoms with van der Waals surface area (Å²) in [6.45, 7) is 0.581. The molecule has 0 spiro atoms. The number of anilines is 1. The highest BCUT2D eigenvalue weighted by Crippen LogP contribution is 2.28. The first-order valence-corrected chi connectivity index (χ1v) is 5.44. The van der Waals surface area contributed by atoms with Gasteiger partial charge in [0, 0.05) is 18.7 Å². The average Bonchev–Trinajstić information content (AvgIpc) is 2.30. The largest absolute Gasteiger partial charge is 0.376 e. The molecule has 1 aromatic carbocycles. The summed E-state index contributed by atoms with van der Waals surface area (Å²) in [5.74, 6) is -0.00336. The number of hydrogen-bond acceptors (Lipinski definition) is 3. The summed E-state index contributed by atoms with van der Waals surface area (Å²) in [4.78, 5) is 13.0. The first-order chi connectivity index (χ1) is 7.76. The van der Waals surface area contributed by atoms with Gasteiger partial charge in [-0.05, 0) is 30.7 Å². The molecule has 1 aliphatic rings. The van der Waals surface area contributed by atoms with Gasteiger partial charge in [-0.15, -0.1) is 0 Å². The van der Waals surface area contributed by atoms with E-state index in [-0.39, 0.29) is 12.6 Å². The van der Waals surface area contributed by atoms with E-state index in [1.165, 1.54) is 10.5 Å². The smallest absolute Gasteiger partial charge is 0.229 e. The van der Waals surface area contributed by atoms with Gasteiger partial charge in [-0.25, -0.2) is 0 Å². The predicted octanol–water partition coefficient (Wildman–Crippen LogP) is 0.635. The van der Waals surface area contributed by atoms with Gasteiger partial charge in [0.2, 0.25) is 5.91 Å². The molecule has 1 aliphatic heterocycles. The van der Waals surface area contributed by atoms with Crippen LogP contribution in [0.2, 0.25) is 0 Å². The van der Waals surface area contributed by atoms with Crippen LogP contribution >= 0.6 is 0 Å². The van der Waals surface area contributed by atoms with Crippen molar-refractivity contribution >= 4 is 11.6 Å². The molecule has 2 N–H and O–H groups in total. The zero-order valence-corrected chi connectivity index (χ0v) is 9.36. The van der Waals surface area contributed by atoms with E-state index in [0.717, 1.165) is 24.2 Å². The van der Waals surface area contributed by atoms with Gasteiger partial charge < -0.3 is 10.4 Å². The van der Waals surface area contributed by atoms with E-state index in [2.05, 4.69) is 11.4 Å². The van der Waals surface area contributed by atoms with Crippen molar-refractivity contribution in [2.24, 2.45) is 0 Å². The van der Waals surface area contributed by atoms with Gasteiger partial charge in [0.25, 0.3) is 0 Å². The summed E-state index contributed by atoms with van der Waals surface area (Å²) in [6, 6.07) is 5.99. The Labute approximate surface area is 94.9 Å². The van der Waals surface area contributed by atoms with Crippen LogP contribution in [-0.4, -0.2) is 24.8 Å². The number of fused-ring (bicyclic) bond motifs is 1. The Morgan fingerprint density at radius 1 is 1.44 bits per heavy atom. The highest BCUT2D eigenvalue weighted by Gasteiger charge is 2.23. The van der Waals surface area contributed by atoms with Crippen LogP contribution in [0.5, 0.6) is 0 Å². The number of hydrogen-bond donors (Lipinski definition) is 2. The number of benzene rings is 1. The van der Waals surface area contributed by atoms with E-state index >= 15 is 0 Å². The Morgan fingerprint density at radius 3 is 2.94 bits per heavy atom. The fourth-order valence-electron chi connectivity index (χ4n) is 2.08. The maximum absolute atomic E-state index is 11.6. The Kier molecular flexibility index (Phi) is 3.22. The molecule has 1 aromatic rings. The molecule has 2 rings (SSSR count). The minimum atomic E-state index is -0.239. The zero-order chi connectivity index (χ0) is 11.5. The first kappa shape index (κ1) is 11.1. The van der Waals surface area contributed by atoms with Crippen molar-refractivity contribution in [1.29, 1.82) is 0 Å². The van der Waals surface area contributed by atoms with Crippen molar-refractivity contribution in [2.45, 2.75) is 19.4 Å². The molecule has 1 heterocycles. The van der Waals surface area contributed by atoms with Crippen LogP contribution in [0.25, 0.3) is 0 Å². The number of carbonyl (C=O) groups excluding carboxylic acids is 1. The van der Waals surface area contributed by atoms with E-state index in [0.29, 0.717) is 6.42 Å². The van der Waals surface area contributed by atoms with E-state index in [1.54, 1.807) is 0 Å². The standard InChI is InChI=1S/C12H16N2O2/c1-13-7-9-2-4-11-10(6-9)3-5-12(16)14(11)8-15/h2,4,6,13,15H,3,5,7-8H2,1H3. The van der Waals surface area contributed by atoms with Crippen molar-refractivity contribution in [2.75, 3.05) is 18.7 Å². The van der Waals surface area contributed by atoms with E-state index in [1.807, 2.05) is 19.2 Å². The number of nitrogens with zero attached hydrogens (tertiary/aromatic N) is 1. The molecule has 16 heavy (non-hydrogen) atoms. The first-order valence-electron chi connectivity index (χ1n) is 5.44. The van der Waals surface area contributed by atoms with Gasteiger partial charge in [0.15, 0.2) is 0 Å². The number of aliphatic hydroxyl groups excluding tert-OH is 1. The second kappa shape index (κ2) is 4.63. The Bertz CT molecular complexity index is 404. The fourth-order valence-corrected chi connectivity index (χ4v) is 2.08. The summed E-state index contributed by atoms with van der Waals surface area (Å²) >= 11 is 0. The average molecular weight is 220 g/mol. The number of rotatable bonds is 3. The Morgan fingerprint density at radius 2 is 2.25 bits per heavy atom. The van der Waals surface area contributed by atoms with Gasteiger partial charge in [0.05, 0.1) is 0 Å². The van der Waals surface area contributed by atoms with Crippen molar-refractivity contribution in [1.82, 2.24) is 5.32 Å². The van der Waals surface area contributed by atoms with Crippen LogP contribution in [0.15, 0.2) is 18.2 Å². The molecule has 1 amide bonds. The van der Waals surface area contributed by atoms with Crippen LogP contribution in [0.4, 0.5) is 5.69 Å². The molecule has 0 radical (unpaired) electrons. The minimum absolute atomic E-state index is 0.00336. The summed E-state index contributed by atoms with van der Waals surface area (Å²) < 4.78 is 0. The maximum atomic E-state index is 11.6. The van der Waals surface area contributed by atoms with Crippen molar-refractivity contribution in [3.63, 3.8) is 0 Å². The normalized spacial score (nSPS) is 15.1. The minimum Gasteiger partial charge on any atom is -0.376 e. The molecule has 0 fully saturated rings. The number of carbonyl (C=O) groups is 1. The molecule has 0 atom stereocenters. The number of amides is 1. The Balaban J connectivity index is 2.34. The van der Waals surface area contributed by atoms with Crippen molar-refractivity contribution in [3.05, 3.63) is 29.3 Å².